The maximum absolute atomic E-state index is 11.6. The zero-order chi connectivity index (χ0) is 24.7. The molecule has 0 atom stereocenters. The summed E-state index contributed by atoms with van der Waals surface area (Å²) in [5, 5.41) is 2.80. The maximum atomic E-state index is 11.6. The molecule has 1 amide bonds. The highest BCUT2D eigenvalue weighted by molar-refractivity contribution is 6.60. The van der Waals surface area contributed by atoms with E-state index in [1.165, 1.54) is 6.08 Å². The number of hydrogen-bond acceptors (Lipinski definition) is 5. The Balaban J connectivity index is 0.00000612. The SMILES string of the molecule is C=CC(=O)Nc1ccc(N(CCC[Si](OCCC)(OCCC)OCCC)c2ccccc2)cc1.Cl. The number of carbonyl (C=O) groups excluding carboxylic acids is 1. The molecular weight excluding hydrogens is 480 g/mol. The largest absolute Gasteiger partial charge is 0.501 e. The number of rotatable bonds is 17. The molecule has 0 unspecified atom stereocenters. The number of halogens is 1. The van der Waals surface area contributed by atoms with Gasteiger partial charge in [0, 0.05) is 49.5 Å². The minimum atomic E-state index is -2.74. The summed E-state index contributed by atoms with van der Waals surface area (Å²) >= 11 is 0. The molecule has 0 spiro atoms. The fourth-order valence-electron chi connectivity index (χ4n) is 3.50. The van der Waals surface area contributed by atoms with Crippen molar-refractivity contribution >= 4 is 44.2 Å². The molecule has 0 bridgehead atoms. The van der Waals surface area contributed by atoms with E-state index in [0.717, 1.165) is 55.3 Å². The molecule has 2 aromatic carbocycles. The van der Waals surface area contributed by atoms with Crippen LogP contribution in [0.3, 0.4) is 0 Å². The summed E-state index contributed by atoms with van der Waals surface area (Å²) in [5.74, 6) is -0.222. The summed E-state index contributed by atoms with van der Waals surface area (Å²) in [6.45, 7) is 12.6. The van der Waals surface area contributed by atoms with E-state index in [9.17, 15) is 4.79 Å². The quantitative estimate of drug-likeness (QED) is 0.180. The zero-order valence-electron chi connectivity index (χ0n) is 21.3. The molecule has 0 aliphatic rings. The average molecular weight is 521 g/mol. The van der Waals surface area contributed by atoms with Crippen LogP contribution in [0, 0.1) is 0 Å². The molecule has 194 valence electrons. The lowest BCUT2D eigenvalue weighted by atomic mass is 10.2. The van der Waals surface area contributed by atoms with Crippen molar-refractivity contribution < 1.29 is 18.1 Å². The third-order valence-corrected chi connectivity index (χ3v) is 8.04. The number of nitrogens with one attached hydrogen (secondary N) is 1. The fraction of sp³-hybridized carbons (Fsp3) is 0.444. The number of benzene rings is 2. The Hall–Kier alpha value is -2.16. The number of carbonyl (C=O) groups is 1. The van der Waals surface area contributed by atoms with Crippen molar-refractivity contribution in [2.45, 2.75) is 52.5 Å². The van der Waals surface area contributed by atoms with Crippen molar-refractivity contribution in [3.63, 3.8) is 0 Å². The van der Waals surface area contributed by atoms with Crippen LogP contribution >= 0.6 is 12.4 Å². The summed E-state index contributed by atoms with van der Waals surface area (Å²) in [7, 11) is -2.74. The van der Waals surface area contributed by atoms with Gasteiger partial charge in [-0.05, 0) is 68.2 Å². The van der Waals surface area contributed by atoms with Gasteiger partial charge in [-0.1, -0.05) is 45.5 Å². The van der Waals surface area contributed by atoms with Crippen LogP contribution in [0.25, 0.3) is 0 Å². The molecule has 0 heterocycles. The van der Waals surface area contributed by atoms with Gasteiger partial charge in [0.25, 0.3) is 0 Å². The van der Waals surface area contributed by atoms with Crippen LogP contribution in [0.2, 0.25) is 6.04 Å². The van der Waals surface area contributed by atoms with Crippen molar-refractivity contribution in [2.75, 3.05) is 36.6 Å². The van der Waals surface area contributed by atoms with E-state index in [4.69, 9.17) is 13.3 Å². The molecule has 0 aliphatic heterocycles. The third kappa shape index (κ3) is 10.5. The molecule has 0 radical (unpaired) electrons. The predicted molar refractivity (Wildman–Crippen MR) is 150 cm³/mol. The summed E-state index contributed by atoms with van der Waals surface area (Å²) in [4.78, 5) is 13.9. The van der Waals surface area contributed by atoms with Gasteiger partial charge < -0.3 is 23.5 Å². The van der Waals surface area contributed by atoms with E-state index in [0.29, 0.717) is 19.8 Å². The second kappa shape index (κ2) is 17.3. The van der Waals surface area contributed by atoms with Crippen LogP contribution < -0.4 is 10.2 Å². The van der Waals surface area contributed by atoms with Crippen molar-refractivity contribution in [1.29, 1.82) is 0 Å². The highest BCUT2D eigenvalue weighted by Crippen LogP contribution is 2.28. The minimum Gasteiger partial charge on any atom is -0.373 e. The number of hydrogen-bond donors (Lipinski definition) is 1. The van der Waals surface area contributed by atoms with Crippen LogP contribution in [0.4, 0.5) is 17.1 Å². The van der Waals surface area contributed by atoms with E-state index in [2.05, 4.69) is 49.7 Å². The summed E-state index contributed by atoms with van der Waals surface area (Å²) < 4.78 is 18.8. The molecule has 0 fully saturated rings. The van der Waals surface area contributed by atoms with E-state index in [-0.39, 0.29) is 18.3 Å². The first-order chi connectivity index (χ1) is 16.6. The summed E-state index contributed by atoms with van der Waals surface area (Å²) in [6.07, 6.45) is 4.94. The smallest absolute Gasteiger partial charge is 0.373 e. The van der Waals surface area contributed by atoms with Gasteiger partial charge >= 0.3 is 8.80 Å². The predicted octanol–water partition coefficient (Wildman–Crippen LogP) is 6.98. The first-order valence-corrected chi connectivity index (χ1v) is 14.3. The summed E-state index contributed by atoms with van der Waals surface area (Å²) in [6, 6.07) is 18.9. The van der Waals surface area contributed by atoms with Gasteiger partial charge in [-0.2, -0.15) is 0 Å². The highest BCUT2D eigenvalue weighted by Gasteiger charge is 2.40. The standard InChI is InChI=1S/C27H40N2O4Si.ClH/c1-5-20-31-34(32-21-6-2,33-22-7-3)23-12-19-29(25-13-10-9-11-14-25)26-17-15-24(16-18-26)28-27(30)8-4;/h8-11,13-18H,4-7,12,19-23H2,1-3H3,(H,28,30);1H. The number of anilines is 3. The lowest BCUT2D eigenvalue weighted by Crippen LogP contribution is -2.47. The monoisotopic (exact) mass is 520 g/mol. The molecule has 0 aromatic heterocycles. The van der Waals surface area contributed by atoms with E-state index in [1.54, 1.807) is 0 Å². The van der Waals surface area contributed by atoms with E-state index in [1.807, 2.05) is 42.5 Å². The van der Waals surface area contributed by atoms with Gasteiger partial charge in [-0.15, -0.1) is 12.4 Å². The maximum Gasteiger partial charge on any atom is 0.501 e. The van der Waals surface area contributed by atoms with Crippen LogP contribution in [0.1, 0.15) is 46.5 Å². The van der Waals surface area contributed by atoms with Crippen LogP contribution in [0.15, 0.2) is 67.3 Å². The van der Waals surface area contributed by atoms with Gasteiger partial charge in [0.2, 0.25) is 5.91 Å². The van der Waals surface area contributed by atoms with Gasteiger partial charge in [0.15, 0.2) is 0 Å². The Kier molecular flexibility index (Phi) is 15.3. The minimum absolute atomic E-state index is 0. The third-order valence-electron chi connectivity index (χ3n) is 5.14. The number of nitrogens with zero attached hydrogens (tertiary/aromatic N) is 1. The molecule has 2 aromatic rings. The van der Waals surface area contributed by atoms with Crippen molar-refractivity contribution in [1.82, 2.24) is 0 Å². The molecular formula is C27H41ClN2O4Si. The molecule has 1 N–H and O–H groups in total. The van der Waals surface area contributed by atoms with Gasteiger partial charge in [-0.3, -0.25) is 4.79 Å². The Bertz CT molecular complexity index is 830. The van der Waals surface area contributed by atoms with E-state index >= 15 is 0 Å². The lowest BCUT2D eigenvalue weighted by Gasteiger charge is -2.31. The second-order valence-corrected chi connectivity index (χ2v) is 10.8. The van der Waals surface area contributed by atoms with Gasteiger partial charge in [0.05, 0.1) is 0 Å². The Morgan fingerprint density at radius 1 is 0.886 bits per heavy atom. The van der Waals surface area contributed by atoms with Crippen molar-refractivity contribution in [2.24, 2.45) is 0 Å². The van der Waals surface area contributed by atoms with Crippen molar-refractivity contribution in [3.8, 4) is 0 Å². The molecule has 8 heteroatoms. The van der Waals surface area contributed by atoms with Gasteiger partial charge in [-0.25, -0.2) is 0 Å². The Morgan fingerprint density at radius 3 is 1.89 bits per heavy atom. The summed E-state index contributed by atoms with van der Waals surface area (Å²) in [5.41, 5.74) is 2.89. The van der Waals surface area contributed by atoms with Crippen molar-refractivity contribution in [3.05, 3.63) is 67.3 Å². The Labute approximate surface area is 218 Å². The molecule has 35 heavy (non-hydrogen) atoms. The van der Waals surface area contributed by atoms with Gasteiger partial charge in [0.1, 0.15) is 0 Å². The van der Waals surface area contributed by atoms with Crippen LogP contribution in [0.5, 0.6) is 0 Å². The first-order valence-electron chi connectivity index (χ1n) is 12.3. The first kappa shape index (κ1) is 30.9. The number of amides is 1. The molecule has 2 rings (SSSR count). The normalized spacial score (nSPS) is 10.9. The Morgan fingerprint density at radius 2 is 1.40 bits per heavy atom. The molecule has 0 saturated heterocycles. The highest BCUT2D eigenvalue weighted by atomic mass is 35.5. The fourth-order valence-corrected chi connectivity index (χ4v) is 6.32. The number of para-hydroxylation sites is 1. The zero-order valence-corrected chi connectivity index (χ0v) is 23.1. The average Bonchev–Trinajstić information content (AvgIpc) is 2.88. The molecule has 0 saturated carbocycles. The molecule has 0 aliphatic carbocycles. The second-order valence-electron chi connectivity index (χ2n) is 8.06. The van der Waals surface area contributed by atoms with E-state index < -0.39 is 8.80 Å². The molecule has 6 nitrogen and oxygen atoms in total. The van der Waals surface area contributed by atoms with Crippen LogP contribution in [-0.4, -0.2) is 41.1 Å². The van der Waals surface area contributed by atoms with Crippen LogP contribution in [-0.2, 0) is 18.1 Å². The lowest BCUT2D eigenvalue weighted by molar-refractivity contribution is -0.111. The topological polar surface area (TPSA) is 60.0 Å².